The summed E-state index contributed by atoms with van der Waals surface area (Å²) >= 11 is 15.5. The molecule has 1 saturated carbocycles. The van der Waals surface area contributed by atoms with Crippen LogP contribution in [-0.2, 0) is 9.59 Å². The standard InChI is InChI=1S/C31H25BrCl2N2O6/c1-17-2-12-23-24(14-17)30(40)36(29(23)39)35(28(38)20-7-13-25(33)26(34)15-20)16-27(37)18-5-10-22(11-6-18)42-31(41)19-3-8-21(32)9-4-19/h3-11,13,15,17,23-24H,2,12,14,16H2,1H3/t17-,23+,24+/m1/s1. The topological polar surface area (TPSA) is 101 Å². The number of fused-ring (bicyclic) bond motifs is 1. The second-order valence-electron chi connectivity index (χ2n) is 10.5. The van der Waals surface area contributed by atoms with Gasteiger partial charge in [-0.15, -0.1) is 0 Å². The SMILES string of the molecule is C[C@@H]1CC[C@@H]2C(=O)N(N(CC(=O)c3ccc(OC(=O)c4ccc(Br)cc4)cc3)C(=O)c3ccc(Cl)c(Cl)c3)C(=O)[C@H]2C1. The second kappa shape index (κ2) is 12.4. The van der Waals surface area contributed by atoms with E-state index in [0.717, 1.165) is 20.9 Å². The number of halogens is 3. The number of nitrogens with zero attached hydrogens (tertiary/aromatic N) is 2. The van der Waals surface area contributed by atoms with Gasteiger partial charge in [-0.05, 0) is 91.9 Å². The molecule has 3 aromatic rings. The molecule has 1 heterocycles. The van der Waals surface area contributed by atoms with Gasteiger partial charge in [-0.25, -0.2) is 9.80 Å². The fourth-order valence-electron chi connectivity index (χ4n) is 5.31. The number of carbonyl (C=O) groups is 5. The fraction of sp³-hybridized carbons (Fsp3) is 0.258. The Bertz CT molecular complexity index is 1580. The van der Waals surface area contributed by atoms with Gasteiger partial charge < -0.3 is 4.74 Å². The number of rotatable bonds is 7. The van der Waals surface area contributed by atoms with E-state index in [0.29, 0.717) is 18.4 Å². The van der Waals surface area contributed by atoms with Crippen molar-refractivity contribution in [2.24, 2.45) is 17.8 Å². The number of benzene rings is 3. The van der Waals surface area contributed by atoms with E-state index in [1.54, 1.807) is 24.3 Å². The summed E-state index contributed by atoms with van der Waals surface area (Å²) in [5.41, 5.74) is 0.608. The van der Waals surface area contributed by atoms with Crippen LogP contribution in [0.5, 0.6) is 5.75 Å². The third-order valence-electron chi connectivity index (χ3n) is 7.57. The zero-order chi connectivity index (χ0) is 30.1. The summed E-state index contributed by atoms with van der Waals surface area (Å²) in [4.78, 5) is 66.6. The lowest BCUT2D eigenvalue weighted by Gasteiger charge is -2.30. The van der Waals surface area contributed by atoms with Gasteiger partial charge in [0.25, 0.3) is 17.7 Å². The van der Waals surface area contributed by atoms with Crippen LogP contribution in [-0.4, -0.2) is 46.0 Å². The van der Waals surface area contributed by atoms with Crippen LogP contribution < -0.4 is 4.74 Å². The smallest absolute Gasteiger partial charge is 0.343 e. The van der Waals surface area contributed by atoms with Crippen LogP contribution in [0.2, 0.25) is 10.0 Å². The predicted octanol–water partition coefficient (Wildman–Crippen LogP) is 6.64. The molecule has 216 valence electrons. The number of hydrazine groups is 1. The van der Waals surface area contributed by atoms with Gasteiger partial charge in [-0.1, -0.05) is 46.1 Å². The lowest BCUT2D eigenvalue weighted by Crippen LogP contribution is -2.52. The van der Waals surface area contributed by atoms with Crippen molar-refractivity contribution in [2.75, 3.05) is 6.54 Å². The number of ether oxygens (including phenoxy) is 1. The van der Waals surface area contributed by atoms with E-state index in [-0.39, 0.29) is 32.8 Å². The minimum Gasteiger partial charge on any atom is -0.423 e. The van der Waals surface area contributed by atoms with E-state index in [1.807, 2.05) is 6.92 Å². The van der Waals surface area contributed by atoms with Crippen molar-refractivity contribution in [3.8, 4) is 5.75 Å². The van der Waals surface area contributed by atoms with Gasteiger partial charge in [0.2, 0.25) is 0 Å². The second-order valence-corrected chi connectivity index (χ2v) is 12.2. The molecule has 0 aromatic heterocycles. The molecule has 42 heavy (non-hydrogen) atoms. The van der Waals surface area contributed by atoms with Crippen LogP contribution >= 0.6 is 39.1 Å². The van der Waals surface area contributed by atoms with Gasteiger partial charge in [-0.2, -0.15) is 5.01 Å². The molecule has 0 radical (unpaired) electrons. The summed E-state index contributed by atoms with van der Waals surface area (Å²) in [6.45, 7) is 1.45. The Morgan fingerprint density at radius 3 is 2.14 bits per heavy atom. The van der Waals surface area contributed by atoms with Crippen LogP contribution in [0.1, 0.15) is 57.3 Å². The first-order chi connectivity index (χ1) is 20.0. The highest BCUT2D eigenvalue weighted by molar-refractivity contribution is 9.10. The average molecular weight is 672 g/mol. The lowest BCUT2D eigenvalue weighted by molar-refractivity contribution is -0.154. The van der Waals surface area contributed by atoms with Gasteiger partial charge in [0.05, 0.1) is 27.4 Å². The average Bonchev–Trinajstić information content (AvgIpc) is 3.21. The van der Waals surface area contributed by atoms with E-state index in [1.165, 1.54) is 42.5 Å². The molecule has 3 amide bonds. The number of hydrogen-bond acceptors (Lipinski definition) is 6. The van der Waals surface area contributed by atoms with Gasteiger partial charge in [0, 0.05) is 15.6 Å². The molecular formula is C31H25BrCl2N2O6. The van der Waals surface area contributed by atoms with Crippen molar-refractivity contribution >= 4 is 68.6 Å². The Hall–Kier alpha value is -3.53. The first-order valence-electron chi connectivity index (χ1n) is 13.3. The number of ketones is 1. The monoisotopic (exact) mass is 670 g/mol. The zero-order valence-corrected chi connectivity index (χ0v) is 25.5. The molecule has 0 spiro atoms. The predicted molar refractivity (Wildman–Crippen MR) is 159 cm³/mol. The summed E-state index contributed by atoms with van der Waals surface area (Å²) in [6, 6.07) is 16.6. The number of Topliss-reactive ketones (excluding diaryl/α,β-unsaturated/α-hetero) is 1. The van der Waals surface area contributed by atoms with Gasteiger partial charge in [0.1, 0.15) is 12.3 Å². The molecule has 1 aliphatic carbocycles. The Labute approximate surface area is 260 Å². The molecule has 1 aliphatic heterocycles. The molecular weight excluding hydrogens is 647 g/mol. The third-order valence-corrected chi connectivity index (χ3v) is 8.83. The van der Waals surface area contributed by atoms with Gasteiger partial charge >= 0.3 is 5.97 Å². The van der Waals surface area contributed by atoms with Crippen LogP contribution in [0.25, 0.3) is 0 Å². The molecule has 0 N–H and O–H groups in total. The zero-order valence-electron chi connectivity index (χ0n) is 22.4. The first kappa shape index (κ1) is 29.9. The Morgan fingerprint density at radius 2 is 1.48 bits per heavy atom. The van der Waals surface area contributed by atoms with Crippen molar-refractivity contribution < 1.29 is 28.7 Å². The van der Waals surface area contributed by atoms with E-state index >= 15 is 0 Å². The van der Waals surface area contributed by atoms with Crippen LogP contribution in [0.3, 0.4) is 0 Å². The van der Waals surface area contributed by atoms with Gasteiger partial charge in [-0.3, -0.25) is 19.2 Å². The minimum absolute atomic E-state index is 0.0660. The number of imide groups is 1. The van der Waals surface area contributed by atoms with E-state index < -0.39 is 47.9 Å². The van der Waals surface area contributed by atoms with Crippen molar-refractivity contribution in [3.05, 3.63) is 97.9 Å². The molecule has 1 saturated heterocycles. The lowest BCUT2D eigenvalue weighted by atomic mass is 9.76. The number of esters is 1. The third kappa shape index (κ3) is 6.14. The van der Waals surface area contributed by atoms with Crippen LogP contribution in [0, 0.1) is 17.8 Å². The summed E-state index contributed by atoms with van der Waals surface area (Å²) in [5, 5.41) is 2.08. The first-order valence-corrected chi connectivity index (χ1v) is 14.8. The fourth-order valence-corrected chi connectivity index (χ4v) is 5.87. The van der Waals surface area contributed by atoms with Crippen molar-refractivity contribution in [2.45, 2.75) is 26.2 Å². The Kier molecular flexibility index (Phi) is 8.82. The summed E-state index contributed by atoms with van der Waals surface area (Å²) in [7, 11) is 0. The maximum atomic E-state index is 13.7. The highest BCUT2D eigenvalue weighted by atomic mass is 79.9. The van der Waals surface area contributed by atoms with Crippen LogP contribution in [0.15, 0.2) is 71.2 Å². The van der Waals surface area contributed by atoms with Gasteiger partial charge in [0.15, 0.2) is 5.78 Å². The summed E-state index contributed by atoms with van der Waals surface area (Å²) in [6.07, 6.45) is 1.87. The molecule has 0 bridgehead atoms. The van der Waals surface area contributed by atoms with Crippen LogP contribution in [0.4, 0.5) is 0 Å². The van der Waals surface area contributed by atoms with Crippen molar-refractivity contribution in [1.29, 1.82) is 0 Å². The largest absolute Gasteiger partial charge is 0.423 e. The van der Waals surface area contributed by atoms with Crippen molar-refractivity contribution in [1.82, 2.24) is 10.0 Å². The molecule has 2 fully saturated rings. The molecule has 8 nitrogen and oxygen atoms in total. The molecule has 11 heteroatoms. The highest BCUT2D eigenvalue weighted by Crippen LogP contribution is 2.41. The molecule has 3 atom stereocenters. The quantitative estimate of drug-likeness (QED) is 0.121. The molecule has 3 aromatic carbocycles. The summed E-state index contributed by atoms with van der Waals surface area (Å²) in [5.74, 6) is -3.42. The molecule has 0 unspecified atom stereocenters. The molecule has 5 rings (SSSR count). The van der Waals surface area contributed by atoms with Crippen molar-refractivity contribution in [3.63, 3.8) is 0 Å². The van der Waals surface area contributed by atoms with E-state index in [9.17, 15) is 24.0 Å². The maximum Gasteiger partial charge on any atom is 0.343 e. The minimum atomic E-state index is -0.740. The Morgan fingerprint density at radius 1 is 0.857 bits per heavy atom. The van der Waals surface area contributed by atoms with E-state index in [2.05, 4.69) is 15.9 Å². The summed E-state index contributed by atoms with van der Waals surface area (Å²) < 4.78 is 6.21. The Balaban J connectivity index is 1.38. The highest BCUT2D eigenvalue weighted by Gasteiger charge is 2.52. The number of carbonyl (C=O) groups excluding carboxylic acids is 5. The number of hydrogen-bond donors (Lipinski definition) is 0. The normalized spacial score (nSPS) is 19.8. The molecule has 2 aliphatic rings. The maximum absolute atomic E-state index is 13.7. The van der Waals surface area contributed by atoms with E-state index in [4.69, 9.17) is 27.9 Å². The number of amides is 3.